The summed E-state index contributed by atoms with van der Waals surface area (Å²) in [6, 6.07) is 15.7. The number of rotatable bonds is 7. The Balaban J connectivity index is 1.96. The molecular formula is C19H20N2O3S. The first kappa shape index (κ1) is 17.2. The maximum Gasteiger partial charge on any atom is 0.269 e. The Morgan fingerprint density at radius 3 is 2.64 bits per heavy atom. The van der Waals surface area contributed by atoms with Crippen molar-refractivity contribution in [3.05, 3.63) is 67.0 Å². The summed E-state index contributed by atoms with van der Waals surface area (Å²) >= 11 is 0. The molecule has 1 aromatic heterocycles. The highest BCUT2D eigenvalue weighted by molar-refractivity contribution is 7.90. The van der Waals surface area contributed by atoms with E-state index < -0.39 is 10.0 Å². The van der Waals surface area contributed by atoms with E-state index in [0.29, 0.717) is 23.7 Å². The van der Waals surface area contributed by atoms with Crippen LogP contribution >= 0.6 is 0 Å². The van der Waals surface area contributed by atoms with Gasteiger partial charge in [0.15, 0.2) is 5.82 Å². The van der Waals surface area contributed by atoms with Gasteiger partial charge in [0.1, 0.15) is 5.75 Å². The molecule has 6 heteroatoms. The van der Waals surface area contributed by atoms with Gasteiger partial charge in [0.05, 0.1) is 11.5 Å². The predicted octanol–water partition coefficient (Wildman–Crippen LogP) is 3.97. The molecule has 0 bridgehead atoms. The first-order chi connectivity index (χ1) is 12.1. The molecule has 0 aliphatic carbocycles. The van der Waals surface area contributed by atoms with Crippen LogP contribution in [0.3, 0.4) is 0 Å². The number of hydrogen-bond donors (Lipinski definition) is 0. The second-order valence-electron chi connectivity index (χ2n) is 5.59. The quantitative estimate of drug-likeness (QED) is 0.601. The van der Waals surface area contributed by atoms with Gasteiger partial charge in [-0.2, -0.15) is 0 Å². The molecule has 0 saturated heterocycles. The molecule has 0 unspecified atom stereocenters. The Morgan fingerprint density at radius 2 is 1.88 bits per heavy atom. The van der Waals surface area contributed by atoms with Gasteiger partial charge in [-0.1, -0.05) is 43.7 Å². The number of imidazole rings is 1. The summed E-state index contributed by atoms with van der Waals surface area (Å²) in [6.45, 7) is 2.74. The van der Waals surface area contributed by atoms with E-state index in [-0.39, 0.29) is 4.90 Å². The summed E-state index contributed by atoms with van der Waals surface area (Å²) < 4.78 is 32.7. The molecule has 0 spiro atoms. The third-order valence-corrected chi connectivity index (χ3v) is 5.45. The van der Waals surface area contributed by atoms with E-state index in [0.717, 1.165) is 12.8 Å². The normalized spacial score (nSPS) is 11.4. The second-order valence-corrected chi connectivity index (χ2v) is 7.41. The van der Waals surface area contributed by atoms with Crippen molar-refractivity contribution in [2.24, 2.45) is 0 Å². The SMILES string of the molecule is CCCCOc1cccc(-c2nccn2S(=O)(=O)c2ccccc2)c1. The van der Waals surface area contributed by atoms with Gasteiger partial charge in [-0.25, -0.2) is 17.4 Å². The molecule has 0 saturated carbocycles. The van der Waals surface area contributed by atoms with E-state index in [1.807, 2.05) is 24.3 Å². The molecule has 0 N–H and O–H groups in total. The van der Waals surface area contributed by atoms with Crippen LogP contribution in [0.2, 0.25) is 0 Å². The molecular weight excluding hydrogens is 336 g/mol. The number of aromatic nitrogens is 2. The lowest BCUT2D eigenvalue weighted by Gasteiger charge is -2.11. The van der Waals surface area contributed by atoms with Crippen LogP contribution in [0.1, 0.15) is 19.8 Å². The minimum Gasteiger partial charge on any atom is -0.494 e. The summed E-state index contributed by atoms with van der Waals surface area (Å²) in [6.07, 6.45) is 4.98. The Morgan fingerprint density at radius 1 is 1.08 bits per heavy atom. The molecule has 0 radical (unpaired) electrons. The van der Waals surface area contributed by atoms with Gasteiger partial charge in [-0.3, -0.25) is 0 Å². The van der Waals surface area contributed by atoms with Gasteiger partial charge in [0.25, 0.3) is 10.0 Å². The Labute approximate surface area is 148 Å². The highest BCUT2D eigenvalue weighted by Crippen LogP contribution is 2.26. The number of unbranched alkanes of at least 4 members (excludes halogenated alkanes) is 1. The zero-order valence-electron chi connectivity index (χ0n) is 14.0. The average molecular weight is 356 g/mol. The van der Waals surface area contributed by atoms with Crippen LogP contribution in [-0.4, -0.2) is 24.0 Å². The van der Waals surface area contributed by atoms with E-state index in [1.54, 1.807) is 30.3 Å². The third-order valence-electron chi connectivity index (χ3n) is 3.77. The number of nitrogens with zero attached hydrogens (tertiary/aromatic N) is 2. The topological polar surface area (TPSA) is 61.2 Å². The maximum atomic E-state index is 12.9. The first-order valence-corrected chi connectivity index (χ1v) is 9.64. The van der Waals surface area contributed by atoms with Gasteiger partial charge >= 0.3 is 0 Å². The van der Waals surface area contributed by atoms with E-state index in [4.69, 9.17) is 4.74 Å². The average Bonchev–Trinajstić information content (AvgIpc) is 3.14. The molecule has 0 aliphatic rings. The van der Waals surface area contributed by atoms with E-state index in [2.05, 4.69) is 11.9 Å². The Hall–Kier alpha value is -2.60. The summed E-state index contributed by atoms with van der Waals surface area (Å²) in [7, 11) is -3.69. The lowest BCUT2D eigenvalue weighted by molar-refractivity contribution is 0.309. The highest BCUT2D eigenvalue weighted by atomic mass is 32.2. The molecule has 5 nitrogen and oxygen atoms in total. The predicted molar refractivity (Wildman–Crippen MR) is 97.1 cm³/mol. The molecule has 1 heterocycles. The third kappa shape index (κ3) is 3.74. The molecule has 0 atom stereocenters. The van der Waals surface area contributed by atoms with Crippen molar-refractivity contribution in [3.63, 3.8) is 0 Å². The number of hydrogen-bond acceptors (Lipinski definition) is 4. The smallest absolute Gasteiger partial charge is 0.269 e. The van der Waals surface area contributed by atoms with Gasteiger partial charge < -0.3 is 4.74 Å². The number of benzene rings is 2. The molecule has 3 aromatic rings. The highest BCUT2D eigenvalue weighted by Gasteiger charge is 2.20. The van der Waals surface area contributed by atoms with Crippen LogP contribution in [-0.2, 0) is 10.0 Å². The zero-order valence-corrected chi connectivity index (χ0v) is 14.8. The zero-order chi connectivity index (χ0) is 17.7. The summed E-state index contributed by atoms with van der Waals surface area (Å²) in [5.41, 5.74) is 0.693. The summed E-state index contributed by atoms with van der Waals surface area (Å²) in [4.78, 5) is 4.47. The van der Waals surface area contributed by atoms with Crippen molar-refractivity contribution in [1.29, 1.82) is 0 Å². The molecule has 130 valence electrons. The van der Waals surface area contributed by atoms with Crippen LogP contribution in [0.25, 0.3) is 11.4 Å². The van der Waals surface area contributed by atoms with Gasteiger partial charge in [-0.05, 0) is 30.7 Å². The van der Waals surface area contributed by atoms with Crippen LogP contribution in [0.4, 0.5) is 0 Å². The fourth-order valence-corrected chi connectivity index (χ4v) is 3.78. The fraction of sp³-hybridized carbons (Fsp3) is 0.211. The first-order valence-electron chi connectivity index (χ1n) is 8.20. The lowest BCUT2D eigenvalue weighted by Crippen LogP contribution is -2.13. The van der Waals surface area contributed by atoms with Crippen molar-refractivity contribution in [2.75, 3.05) is 6.61 Å². The van der Waals surface area contributed by atoms with Crippen LogP contribution < -0.4 is 4.74 Å². The minimum absolute atomic E-state index is 0.226. The molecule has 0 aliphatic heterocycles. The summed E-state index contributed by atoms with van der Waals surface area (Å²) in [5, 5.41) is 0. The number of ether oxygens (including phenoxy) is 1. The Bertz CT molecular complexity index is 934. The van der Waals surface area contributed by atoms with Crippen LogP contribution in [0.5, 0.6) is 5.75 Å². The van der Waals surface area contributed by atoms with E-state index in [9.17, 15) is 8.42 Å². The van der Waals surface area contributed by atoms with Gasteiger partial charge in [0, 0.05) is 18.0 Å². The van der Waals surface area contributed by atoms with Gasteiger partial charge in [-0.15, -0.1) is 0 Å². The minimum atomic E-state index is -3.69. The van der Waals surface area contributed by atoms with Crippen LogP contribution in [0, 0.1) is 0 Å². The monoisotopic (exact) mass is 356 g/mol. The van der Waals surface area contributed by atoms with Crippen molar-refractivity contribution < 1.29 is 13.2 Å². The molecule has 3 rings (SSSR count). The van der Waals surface area contributed by atoms with E-state index >= 15 is 0 Å². The molecule has 0 amide bonds. The lowest BCUT2D eigenvalue weighted by atomic mass is 10.2. The second kappa shape index (κ2) is 7.53. The van der Waals surface area contributed by atoms with Crippen molar-refractivity contribution in [2.45, 2.75) is 24.7 Å². The standard InChI is InChI=1S/C19H20N2O3S/c1-2-3-14-24-17-9-7-8-16(15-17)19-20-12-13-21(19)25(22,23)18-10-5-4-6-11-18/h4-13,15H,2-3,14H2,1H3. The van der Waals surface area contributed by atoms with Crippen molar-refractivity contribution >= 4 is 10.0 Å². The van der Waals surface area contributed by atoms with E-state index in [1.165, 1.54) is 16.4 Å². The van der Waals surface area contributed by atoms with Crippen LogP contribution in [0.15, 0.2) is 71.9 Å². The molecule has 25 heavy (non-hydrogen) atoms. The largest absolute Gasteiger partial charge is 0.494 e. The van der Waals surface area contributed by atoms with Gasteiger partial charge in [0.2, 0.25) is 0 Å². The van der Waals surface area contributed by atoms with Crippen molar-refractivity contribution in [3.8, 4) is 17.1 Å². The summed E-state index contributed by atoms with van der Waals surface area (Å²) in [5.74, 6) is 1.07. The Kier molecular flexibility index (Phi) is 5.19. The maximum absolute atomic E-state index is 12.9. The molecule has 0 fully saturated rings. The fourth-order valence-electron chi connectivity index (χ4n) is 2.45. The van der Waals surface area contributed by atoms with Crippen molar-refractivity contribution in [1.82, 2.24) is 8.96 Å². The molecule has 2 aromatic carbocycles.